The van der Waals surface area contributed by atoms with Crippen molar-refractivity contribution in [1.82, 2.24) is 9.55 Å². The van der Waals surface area contributed by atoms with E-state index < -0.39 is 0 Å². The van der Waals surface area contributed by atoms with Crippen LogP contribution in [0.25, 0.3) is 72.3 Å². The normalized spacial score (nSPS) is 11.1. The topological polar surface area (TPSA) is 41.6 Å². The van der Waals surface area contributed by atoms with Crippen molar-refractivity contribution < 1.29 is 0 Å². The van der Waals surface area contributed by atoms with Crippen LogP contribution in [0.1, 0.15) is 11.1 Å². The largest absolute Gasteiger partial charge is 0.309 e. The summed E-state index contributed by atoms with van der Waals surface area (Å²) in [6.07, 6.45) is 0. The van der Waals surface area contributed by atoms with Crippen molar-refractivity contribution in [3.8, 4) is 56.5 Å². The highest BCUT2D eigenvalue weighted by molar-refractivity contribution is 6.10. The van der Waals surface area contributed by atoms with E-state index in [1.165, 1.54) is 27.4 Å². The number of hydrogen-bond acceptors (Lipinski definition) is 2. The van der Waals surface area contributed by atoms with Gasteiger partial charge in [0.05, 0.1) is 28.0 Å². The first kappa shape index (κ1) is 27.3. The second-order valence-electron chi connectivity index (χ2n) is 11.6. The number of para-hydroxylation sites is 2. The molecule has 46 heavy (non-hydrogen) atoms. The third-order valence-electron chi connectivity index (χ3n) is 8.74. The highest BCUT2D eigenvalue weighted by Crippen LogP contribution is 2.37. The van der Waals surface area contributed by atoms with Crippen molar-refractivity contribution in [3.05, 3.63) is 169 Å². The molecule has 0 radical (unpaired) electrons. The molecule has 0 atom stereocenters. The molecule has 2 aromatic heterocycles. The van der Waals surface area contributed by atoms with E-state index >= 15 is 0 Å². The van der Waals surface area contributed by atoms with Crippen LogP contribution in [0.5, 0.6) is 0 Å². The third-order valence-corrected chi connectivity index (χ3v) is 8.74. The molecule has 0 amide bonds. The van der Waals surface area contributed by atoms with Crippen LogP contribution in [0.15, 0.2) is 158 Å². The highest BCUT2D eigenvalue weighted by atomic mass is 15.0. The molecule has 0 aliphatic heterocycles. The molecule has 8 rings (SSSR count). The minimum absolute atomic E-state index is 0.582. The van der Waals surface area contributed by atoms with Gasteiger partial charge in [-0.25, -0.2) is 4.98 Å². The summed E-state index contributed by atoms with van der Waals surface area (Å²) in [6.45, 7) is 2.07. The molecule has 3 nitrogen and oxygen atoms in total. The molecule has 8 aromatic rings. The molecule has 0 N–H and O–H groups in total. The van der Waals surface area contributed by atoms with Crippen molar-refractivity contribution in [2.45, 2.75) is 6.92 Å². The standard InChI is InChI=1S/C43H29N3/c1-29-16-18-31(19-17-29)37-27-40(45-43(39(37)28-44)33-10-4-2-5-11-33)32-22-20-30(21-23-32)34-24-25-42-38(26-34)36-14-8-9-15-41(36)46(42)35-12-6-3-7-13-35/h2-27H,1H3. The zero-order valence-electron chi connectivity index (χ0n) is 25.4. The maximum Gasteiger partial charge on any atom is 0.102 e. The smallest absolute Gasteiger partial charge is 0.102 e. The Morgan fingerprint density at radius 1 is 0.522 bits per heavy atom. The molecule has 0 aliphatic carbocycles. The summed E-state index contributed by atoms with van der Waals surface area (Å²) in [6, 6.07) is 57.3. The SMILES string of the molecule is Cc1ccc(-c2cc(-c3ccc(-c4ccc5c(c4)c4ccccc4n5-c4ccccc4)cc3)nc(-c3ccccc3)c2C#N)cc1. The molecule has 3 heteroatoms. The number of fused-ring (bicyclic) bond motifs is 3. The van der Waals surface area contributed by atoms with Crippen molar-refractivity contribution in [2.24, 2.45) is 0 Å². The van der Waals surface area contributed by atoms with E-state index in [4.69, 9.17) is 4.98 Å². The Morgan fingerprint density at radius 3 is 1.87 bits per heavy atom. The average molecular weight is 588 g/mol. The molecule has 0 saturated carbocycles. The number of aryl methyl sites for hydroxylation is 1. The Labute approximate surface area is 268 Å². The van der Waals surface area contributed by atoms with E-state index in [2.05, 4.69) is 145 Å². The van der Waals surface area contributed by atoms with Crippen molar-refractivity contribution >= 4 is 21.8 Å². The molecular formula is C43H29N3. The number of hydrogen-bond donors (Lipinski definition) is 0. The van der Waals surface area contributed by atoms with Gasteiger partial charge in [0.1, 0.15) is 6.07 Å². The van der Waals surface area contributed by atoms with E-state index in [0.29, 0.717) is 11.3 Å². The van der Waals surface area contributed by atoms with Crippen LogP contribution in [-0.2, 0) is 0 Å². The van der Waals surface area contributed by atoms with E-state index in [1.807, 2.05) is 30.3 Å². The molecule has 0 aliphatic rings. The molecule has 0 bridgehead atoms. The van der Waals surface area contributed by atoms with Crippen LogP contribution in [-0.4, -0.2) is 9.55 Å². The van der Waals surface area contributed by atoms with Crippen molar-refractivity contribution in [2.75, 3.05) is 0 Å². The molecule has 216 valence electrons. The lowest BCUT2D eigenvalue weighted by Crippen LogP contribution is -1.97. The van der Waals surface area contributed by atoms with Gasteiger partial charge in [0.2, 0.25) is 0 Å². The summed E-state index contributed by atoms with van der Waals surface area (Å²) >= 11 is 0. The molecule has 6 aromatic carbocycles. The Balaban J connectivity index is 1.23. The first-order valence-electron chi connectivity index (χ1n) is 15.4. The summed E-state index contributed by atoms with van der Waals surface area (Å²) in [5, 5.41) is 12.8. The number of nitrogens with zero attached hydrogens (tertiary/aromatic N) is 3. The number of rotatable bonds is 5. The van der Waals surface area contributed by atoms with Crippen molar-refractivity contribution in [3.63, 3.8) is 0 Å². The first-order chi connectivity index (χ1) is 22.7. The Hall–Kier alpha value is -6.24. The maximum absolute atomic E-state index is 10.3. The molecule has 0 saturated heterocycles. The summed E-state index contributed by atoms with van der Waals surface area (Å²) in [7, 11) is 0. The molecule has 2 heterocycles. The number of nitriles is 1. The summed E-state index contributed by atoms with van der Waals surface area (Å²) < 4.78 is 2.34. The van der Waals surface area contributed by atoms with Gasteiger partial charge >= 0.3 is 0 Å². The van der Waals surface area contributed by atoms with Gasteiger partial charge in [0.15, 0.2) is 0 Å². The Bertz CT molecular complexity index is 2400. The van der Waals surface area contributed by atoms with E-state index in [9.17, 15) is 5.26 Å². The van der Waals surface area contributed by atoms with Gasteiger partial charge < -0.3 is 4.57 Å². The van der Waals surface area contributed by atoms with Gasteiger partial charge in [-0.3, -0.25) is 0 Å². The Kier molecular flexibility index (Phi) is 6.74. The lowest BCUT2D eigenvalue weighted by molar-refractivity contribution is 1.18. The predicted octanol–water partition coefficient (Wildman–Crippen LogP) is 11.0. The van der Waals surface area contributed by atoms with Crippen LogP contribution < -0.4 is 0 Å². The van der Waals surface area contributed by atoms with Gasteiger partial charge in [0, 0.05) is 33.2 Å². The van der Waals surface area contributed by atoms with Gasteiger partial charge in [-0.2, -0.15) is 5.26 Å². The van der Waals surface area contributed by atoms with Gasteiger partial charge in [-0.05, 0) is 60.0 Å². The fraction of sp³-hybridized carbons (Fsp3) is 0.0233. The lowest BCUT2D eigenvalue weighted by atomic mass is 9.93. The summed E-state index contributed by atoms with van der Waals surface area (Å²) in [5.74, 6) is 0. The maximum atomic E-state index is 10.3. The average Bonchev–Trinajstić information content (AvgIpc) is 3.46. The van der Waals surface area contributed by atoms with Crippen molar-refractivity contribution in [1.29, 1.82) is 5.26 Å². The number of benzene rings is 6. The zero-order valence-corrected chi connectivity index (χ0v) is 25.4. The lowest BCUT2D eigenvalue weighted by Gasteiger charge is -2.14. The molecular weight excluding hydrogens is 558 g/mol. The minimum atomic E-state index is 0.582. The fourth-order valence-electron chi connectivity index (χ4n) is 6.41. The quantitative estimate of drug-likeness (QED) is 0.201. The second kappa shape index (κ2) is 11.4. The van der Waals surface area contributed by atoms with E-state index in [-0.39, 0.29) is 0 Å². The zero-order chi connectivity index (χ0) is 31.0. The van der Waals surface area contributed by atoms with Gasteiger partial charge in [-0.1, -0.05) is 127 Å². The van der Waals surface area contributed by atoms with Crippen LogP contribution >= 0.6 is 0 Å². The highest BCUT2D eigenvalue weighted by Gasteiger charge is 2.17. The minimum Gasteiger partial charge on any atom is -0.309 e. The summed E-state index contributed by atoms with van der Waals surface area (Å²) in [5.41, 5.74) is 12.9. The van der Waals surface area contributed by atoms with Gasteiger partial charge in [0.25, 0.3) is 0 Å². The summed E-state index contributed by atoms with van der Waals surface area (Å²) in [4.78, 5) is 5.07. The Morgan fingerprint density at radius 2 is 1.13 bits per heavy atom. The van der Waals surface area contributed by atoms with Crippen LogP contribution in [0.3, 0.4) is 0 Å². The third kappa shape index (κ3) is 4.74. The van der Waals surface area contributed by atoms with E-state index in [0.717, 1.165) is 44.8 Å². The van der Waals surface area contributed by atoms with Gasteiger partial charge in [-0.15, -0.1) is 0 Å². The fourth-order valence-corrected chi connectivity index (χ4v) is 6.41. The van der Waals surface area contributed by atoms with Crippen LogP contribution in [0.2, 0.25) is 0 Å². The molecule has 0 spiro atoms. The first-order valence-corrected chi connectivity index (χ1v) is 15.4. The molecule has 0 fully saturated rings. The number of pyridine rings is 1. The van der Waals surface area contributed by atoms with Crippen LogP contribution in [0.4, 0.5) is 0 Å². The monoisotopic (exact) mass is 587 g/mol. The van der Waals surface area contributed by atoms with Crippen LogP contribution in [0, 0.1) is 18.3 Å². The molecule has 0 unspecified atom stereocenters. The predicted molar refractivity (Wildman–Crippen MR) is 190 cm³/mol. The van der Waals surface area contributed by atoms with E-state index in [1.54, 1.807) is 0 Å². The number of aromatic nitrogens is 2. The second-order valence-corrected chi connectivity index (χ2v) is 11.6.